The second-order valence-corrected chi connectivity index (χ2v) is 8.11. The number of halogens is 1. The van der Waals surface area contributed by atoms with Crippen LogP contribution in [0.25, 0.3) is 11.0 Å². The number of hydrogen-bond acceptors (Lipinski definition) is 6. The van der Waals surface area contributed by atoms with E-state index in [4.69, 9.17) is 20.8 Å². The molecule has 0 aliphatic carbocycles. The molecule has 7 nitrogen and oxygen atoms in total. The summed E-state index contributed by atoms with van der Waals surface area (Å²) in [6, 6.07) is 16.0. The zero-order valence-corrected chi connectivity index (χ0v) is 18.8. The quantitative estimate of drug-likeness (QED) is 0.362. The molecule has 1 amide bonds. The van der Waals surface area contributed by atoms with Gasteiger partial charge >= 0.3 is 0 Å². The number of carbonyl (C=O) groups is 2. The fourth-order valence-corrected chi connectivity index (χ4v) is 4.29. The lowest BCUT2D eigenvalue weighted by atomic mass is 9.95. The number of aliphatic hydroxyl groups is 1. The molecular weight excluding hydrogens is 456 g/mol. The van der Waals surface area contributed by atoms with Crippen molar-refractivity contribution in [3.63, 3.8) is 0 Å². The van der Waals surface area contributed by atoms with Gasteiger partial charge in [0.25, 0.3) is 5.91 Å². The topological polar surface area (TPSA) is 92.9 Å². The molecule has 8 heteroatoms. The largest absolute Gasteiger partial charge is 0.503 e. The maximum atomic E-state index is 13.6. The number of aliphatic hydroxyl groups excluding tert-OH is 1. The first-order valence-electron chi connectivity index (χ1n) is 10.6. The van der Waals surface area contributed by atoms with Gasteiger partial charge in [-0.15, -0.1) is 0 Å². The van der Waals surface area contributed by atoms with Crippen molar-refractivity contribution in [3.8, 4) is 5.75 Å². The number of aromatic nitrogens is 1. The SMILES string of the molecule is CCOc1cccc(N2C(=O)C(O)=C(C(=O)c3cc4cc(Cl)ccc4o3)C2c2ccncc2)c1. The third-order valence-electron chi connectivity index (χ3n) is 5.58. The van der Waals surface area contributed by atoms with Crippen LogP contribution in [0.15, 0.2) is 88.8 Å². The van der Waals surface area contributed by atoms with Gasteiger partial charge < -0.3 is 14.3 Å². The molecule has 2 aromatic carbocycles. The summed E-state index contributed by atoms with van der Waals surface area (Å²) in [5, 5.41) is 12.0. The van der Waals surface area contributed by atoms with Crippen molar-refractivity contribution in [2.24, 2.45) is 0 Å². The molecule has 1 N–H and O–H groups in total. The fraction of sp³-hybridized carbons (Fsp3) is 0.115. The standard InChI is InChI=1S/C26H19ClN2O5/c1-2-33-19-5-3-4-18(14-19)29-23(15-8-10-28-11-9-15)22(25(31)26(29)32)24(30)21-13-16-12-17(27)6-7-20(16)34-21/h3-14,23,31H,2H2,1H3. The van der Waals surface area contributed by atoms with Gasteiger partial charge in [0.05, 0.1) is 18.2 Å². The van der Waals surface area contributed by atoms with Crippen LogP contribution >= 0.6 is 11.6 Å². The number of Topliss-reactive ketones (excluding diaryl/α,β-unsaturated/α-hetero) is 1. The smallest absolute Gasteiger partial charge is 0.294 e. The number of rotatable bonds is 6. The van der Waals surface area contributed by atoms with Crippen LogP contribution in [-0.4, -0.2) is 28.4 Å². The van der Waals surface area contributed by atoms with Crippen LogP contribution < -0.4 is 9.64 Å². The highest BCUT2D eigenvalue weighted by Crippen LogP contribution is 2.43. The van der Waals surface area contributed by atoms with Crippen molar-refractivity contribution >= 4 is 39.9 Å². The van der Waals surface area contributed by atoms with Gasteiger partial charge in [0, 0.05) is 34.6 Å². The second kappa shape index (κ2) is 8.68. The molecule has 5 rings (SSSR count). The van der Waals surface area contributed by atoms with Crippen molar-refractivity contribution in [3.05, 3.63) is 101 Å². The lowest BCUT2D eigenvalue weighted by Gasteiger charge is -2.27. The molecule has 1 unspecified atom stereocenters. The summed E-state index contributed by atoms with van der Waals surface area (Å²) in [4.78, 5) is 32.3. The molecule has 0 radical (unpaired) electrons. The number of benzene rings is 2. The Morgan fingerprint density at radius 1 is 1.15 bits per heavy atom. The lowest BCUT2D eigenvalue weighted by molar-refractivity contribution is -0.117. The number of furan rings is 1. The van der Waals surface area contributed by atoms with Gasteiger partial charge in [0.2, 0.25) is 5.78 Å². The van der Waals surface area contributed by atoms with E-state index in [0.29, 0.717) is 39.6 Å². The van der Waals surface area contributed by atoms with E-state index in [2.05, 4.69) is 4.98 Å². The maximum Gasteiger partial charge on any atom is 0.294 e. The predicted octanol–water partition coefficient (Wildman–Crippen LogP) is 5.66. The van der Waals surface area contributed by atoms with Gasteiger partial charge in [-0.25, -0.2) is 0 Å². The Balaban J connectivity index is 1.63. The van der Waals surface area contributed by atoms with Gasteiger partial charge in [-0.05, 0) is 61.0 Å². The number of nitrogens with zero attached hydrogens (tertiary/aromatic N) is 2. The number of amides is 1. The summed E-state index contributed by atoms with van der Waals surface area (Å²) < 4.78 is 11.3. The molecule has 2 aromatic heterocycles. The van der Waals surface area contributed by atoms with Crippen molar-refractivity contribution < 1.29 is 23.8 Å². The van der Waals surface area contributed by atoms with Crippen molar-refractivity contribution in [2.45, 2.75) is 13.0 Å². The first-order chi connectivity index (χ1) is 16.5. The number of ether oxygens (including phenoxy) is 1. The van der Waals surface area contributed by atoms with E-state index < -0.39 is 23.5 Å². The van der Waals surface area contributed by atoms with E-state index in [0.717, 1.165) is 0 Å². The minimum Gasteiger partial charge on any atom is -0.503 e. The normalized spacial score (nSPS) is 15.9. The second-order valence-electron chi connectivity index (χ2n) is 7.67. The Bertz CT molecular complexity index is 1440. The molecule has 0 bridgehead atoms. The predicted molar refractivity (Wildman–Crippen MR) is 127 cm³/mol. The van der Waals surface area contributed by atoms with E-state index in [-0.39, 0.29) is 11.3 Å². The Kier molecular flexibility index (Phi) is 5.55. The highest BCUT2D eigenvalue weighted by atomic mass is 35.5. The molecule has 3 heterocycles. The molecule has 0 spiro atoms. The minimum atomic E-state index is -0.892. The van der Waals surface area contributed by atoms with Crippen LogP contribution in [0.5, 0.6) is 5.75 Å². The van der Waals surface area contributed by atoms with Crippen molar-refractivity contribution in [1.29, 1.82) is 0 Å². The monoisotopic (exact) mass is 474 g/mol. The molecule has 170 valence electrons. The Morgan fingerprint density at radius 3 is 2.71 bits per heavy atom. The average Bonchev–Trinajstić information content (AvgIpc) is 3.38. The van der Waals surface area contributed by atoms with E-state index in [9.17, 15) is 14.7 Å². The summed E-state index contributed by atoms with van der Waals surface area (Å²) in [5.74, 6) is -1.36. The van der Waals surface area contributed by atoms with Gasteiger partial charge in [-0.3, -0.25) is 19.5 Å². The molecule has 0 saturated carbocycles. The number of carbonyl (C=O) groups excluding carboxylic acids is 2. The Labute approximate surface area is 199 Å². The summed E-state index contributed by atoms with van der Waals surface area (Å²) >= 11 is 6.06. The summed E-state index contributed by atoms with van der Waals surface area (Å²) in [5.41, 5.74) is 1.47. The number of anilines is 1. The molecule has 1 aliphatic rings. The molecule has 34 heavy (non-hydrogen) atoms. The fourth-order valence-electron chi connectivity index (χ4n) is 4.11. The van der Waals surface area contributed by atoms with E-state index in [1.807, 2.05) is 6.92 Å². The zero-order chi connectivity index (χ0) is 23.8. The first-order valence-corrected chi connectivity index (χ1v) is 11.0. The van der Waals surface area contributed by atoms with Crippen LogP contribution in [0.3, 0.4) is 0 Å². The Hall–Kier alpha value is -4.10. The third-order valence-corrected chi connectivity index (χ3v) is 5.82. The van der Waals surface area contributed by atoms with Crippen LogP contribution in [0, 0.1) is 0 Å². The van der Waals surface area contributed by atoms with Gasteiger partial charge in [0.15, 0.2) is 11.5 Å². The summed E-state index contributed by atoms with van der Waals surface area (Å²) in [6.07, 6.45) is 3.13. The van der Waals surface area contributed by atoms with E-state index in [1.165, 1.54) is 4.90 Å². The van der Waals surface area contributed by atoms with Gasteiger partial charge in [0.1, 0.15) is 11.3 Å². The van der Waals surface area contributed by atoms with Crippen molar-refractivity contribution in [2.75, 3.05) is 11.5 Å². The van der Waals surface area contributed by atoms with E-state index in [1.54, 1.807) is 73.1 Å². The number of ketones is 1. The van der Waals surface area contributed by atoms with Gasteiger partial charge in [-0.2, -0.15) is 0 Å². The minimum absolute atomic E-state index is 0.00408. The lowest BCUT2D eigenvalue weighted by Crippen LogP contribution is -2.31. The maximum absolute atomic E-state index is 13.6. The molecular formula is C26H19ClN2O5. The summed E-state index contributed by atoms with van der Waals surface area (Å²) in [7, 11) is 0. The highest BCUT2D eigenvalue weighted by Gasteiger charge is 2.45. The summed E-state index contributed by atoms with van der Waals surface area (Å²) in [6.45, 7) is 2.31. The molecule has 1 atom stereocenters. The van der Waals surface area contributed by atoms with Crippen LogP contribution in [0.4, 0.5) is 5.69 Å². The van der Waals surface area contributed by atoms with Gasteiger partial charge in [-0.1, -0.05) is 17.7 Å². The molecule has 1 aliphatic heterocycles. The van der Waals surface area contributed by atoms with Crippen molar-refractivity contribution in [1.82, 2.24) is 4.98 Å². The Morgan fingerprint density at radius 2 is 1.94 bits per heavy atom. The molecule has 0 fully saturated rings. The highest BCUT2D eigenvalue weighted by molar-refractivity contribution is 6.31. The number of fused-ring (bicyclic) bond motifs is 1. The molecule has 4 aromatic rings. The average molecular weight is 475 g/mol. The van der Waals surface area contributed by atoms with E-state index >= 15 is 0 Å². The molecule has 0 saturated heterocycles. The van der Waals surface area contributed by atoms with Crippen LogP contribution in [0.1, 0.15) is 29.1 Å². The first kappa shape index (κ1) is 21.7. The number of hydrogen-bond donors (Lipinski definition) is 1. The van der Waals surface area contributed by atoms with Crippen LogP contribution in [0.2, 0.25) is 5.02 Å². The zero-order valence-electron chi connectivity index (χ0n) is 18.1. The number of pyridine rings is 1. The third kappa shape index (κ3) is 3.70. The van der Waals surface area contributed by atoms with Crippen LogP contribution in [-0.2, 0) is 4.79 Å².